The van der Waals surface area contributed by atoms with Crippen LogP contribution in [0.5, 0.6) is 0 Å². The normalized spacial score (nSPS) is 13.5. The van der Waals surface area contributed by atoms with E-state index < -0.39 is 11.4 Å². The second-order valence-corrected chi connectivity index (χ2v) is 3.67. The predicted octanol–water partition coefficient (Wildman–Crippen LogP) is 2.15. The molecule has 0 saturated carbocycles. The summed E-state index contributed by atoms with van der Waals surface area (Å²) >= 11 is 0. The number of carboxylic acids is 1. The van der Waals surface area contributed by atoms with Gasteiger partial charge in [0.1, 0.15) is 0 Å². The predicted molar refractivity (Wildman–Crippen MR) is 48.6 cm³/mol. The largest absolute Gasteiger partial charge is 0.481 e. The van der Waals surface area contributed by atoms with Crippen molar-refractivity contribution in [2.24, 2.45) is 11.3 Å². The summed E-state index contributed by atoms with van der Waals surface area (Å²) in [6.07, 6.45) is 6.52. The maximum Gasteiger partial charge on any atom is 0.309 e. The molecule has 0 fully saturated rings. The lowest BCUT2D eigenvalue weighted by Crippen LogP contribution is -2.31. The van der Waals surface area contributed by atoms with Gasteiger partial charge in [-0.2, -0.15) is 0 Å². The van der Waals surface area contributed by atoms with Gasteiger partial charge in [-0.15, -0.1) is 12.3 Å². The standard InChI is InChI=1S/C10H16O2/c1-5-6-7-8(2)10(3,4)9(11)12/h1,8H,6-7H2,2-4H3,(H,11,12). The zero-order chi connectivity index (χ0) is 9.78. The maximum absolute atomic E-state index is 10.8. The molecule has 0 heterocycles. The van der Waals surface area contributed by atoms with Crippen molar-refractivity contribution in [3.8, 4) is 12.3 Å². The summed E-state index contributed by atoms with van der Waals surface area (Å²) in [6, 6.07) is 0. The average molecular weight is 168 g/mol. The first-order valence-electron chi connectivity index (χ1n) is 4.09. The molecule has 2 nitrogen and oxygen atoms in total. The van der Waals surface area contributed by atoms with E-state index in [9.17, 15) is 4.79 Å². The van der Waals surface area contributed by atoms with Crippen LogP contribution in [0.1, 0.15) is 33.6 Å². The van der Waals surface area contributed by atoms with Crippen molar-refractivity contribution < 1.29 is 9.90 Å². The Labute approximate surface area is 74.0 Å². The lowest BCUT2D eigenvalue weighted by molar-refractivity contribution is -0.149. The summed E-state index contributed by atoms with van der Waals surface area (Å²) in [6.45, 7) is 5.39. The molecule has 12 heavy (non-hydrogen) atoms. The molecule has 0 aliphatic carbocycles. The van der Waals surface area contributed by atoms with Crippen molar-refractivity contribution >= 4 is 5.97 Å². The lowest BCUT2D eigenvalue weighted by Gasteiger charge is -2.26. The van der Waals surface area contributed by atoms with Crippen LogP contribution in [0.2, 0.25) is 0 Å². The molecule has 0 saturated heterocycles. The molecule has 0 spiro atoms. The second kappa shape index (κ2) is 4.15. The van der Waals surface area contributed by atoms with Gasteiger partial charge in [0.15, 0.2) is 0 Å². The van der Waals surface area contributed by atoms with Crippen LogP contribution in [0.25, 0.3) is 0 Å². The van der Waals surface area contributed by atoms with Gasteiger partial charge in [0.25, 0.3) is 0 Å². The highest BCUT2D eigenvalue weighted by atomic mass is 16.4. The Morgan fingerprint density at radius 1 is 1.67 bits per heavy atom. The number of aliphatic carboxylic acids is 1. The van der Waals surface area contributed by atoms with E-state index in [4.69, 9.17) is 11.5 Å². The van der Waals surface area contributed by atoms with Crippen LogP contribution in [0, 0.1) is 23.7 Å². The van der Waals surface area contributed by atoms with Crippen LogP contribution in [0.3, 0.4) is 0 Å². The van der Waals surface area contributed by atoms with E-state index in [1.807, 2.05) is 6.92 Å². The quantitative estimate of drug-likeness (QED) is 0.653. The first-order chi connectivity index (χ1) is 5.42. The first kappa shape index (κ1) is 11.0. The molecular formula is C10H16O2. The van der Waals surface area contributed by atoms with E-state index in [0.717, 1.165) is 6.42 Å². The smallest absolute Gasteiger partial charge is 0.309 e. The van der Waals surface area contributed by atoms with Crippen molar-refractivity contribution in [2.75, 3.05) is 0 Å². The minimum Gasteiger partial charge on any atom is -0.481 e. The molecule has 1 N–H and O–H groups in total. The SMILES string of the molecule is C#CCCC(C)C(C)(C)C(=O)O. The Kier molecular flexibility index (Phi) is 3.82. The number of carboxylic acid groups (broad SMARTS) is 1. The first-order valence-corrected chi connectivity index (χ1v) is 4.09. The fourth-order valence-electron chi connectivity index (χ4n) is 0.871. The van der Waals surface area contributed by atoms with Crippen LogP contribution in [0.4, 0.5) is 0 Å². The molecular weight excluding hydrogens is 152 g/mol. The monoisotopic (exact) mass is 168 g/mol. The summed E-state index contributed by atoms with van der Waals surface area (Å²) in [5.74, 6) is 1.88. The van der Waals surface area contributed by atoms with Gasteiger partial charge in [-0.3, -0.25) is 4.79 Å². The summed E-state index contributed by atoms with van der Waals surface area (Å²) in [5.41, 5.74) is -0.670. The van der Waals surface area contributed by atoms with Crippen molar-refractivity contribution in [3.05, 3.63) is 0 Å². The van der Waals surface area contributed by atoms with Gasteiger partial charge in [0.2, 0.25) is 0 Å². The molecule has 0 bridgehead atoms. The summed E-state index contributed by atoms with van der Waals surface area (Å²) in [7, 11) is 0. The van der Waals surface area contributed by atoms with Gasteiger partial charge in [-0.1, -0.05) is 6.92 Å². The van der Waals surface area contributed by atoms with Crippen molar-refractivity contribution in [3.63, 3.8) is 0 Å². The van der Waals surface area contributed by atoms with Gasteiger partial charge >= 0.3 is 5.97 Å². The third-order valence-corrected chi connectivity index (χ3v) is 2.50. The average Bonchev–Trinajstić information content (AvgIpc) is 1.99. The van der Waals surface area contributed by atoms with Gasteiger partial charge in [0.05, 0.1) is 5.41 Å². The van der Waals surface area contributed by atoms with Gasteiger partial charge < -0.3 is 5.11 Å². The molecule has 0 aromatic heterocycles. The van der Waals surface area contributed by atoms with Gasteiger partial charge in [0, 0.05) is 6.42 Å². The summed E-state index contributed by atoms with van der Waals surface area (Å²) in [5, 5.41) is 8.86. The van der Waals surface area contributed by atoms with Gasteiger partial charge in [-0.25, -0.2) is 0 Å². The molecule has 68 valence electrons. The number of hydrogen-bond donors (Lipinski definition) is 1. The molecule has 1 unspecified atom stereocenters. The van der Waals surface area contributed by atoms with E-state index in [0.29, 0.717) is 6.42 Å². The highest BCUT2D eigenvalue weighted by Crippen LogP contribution is 2.29. The van der Waals surface area contributed by atoms with E-state index in [2.05, 4.69) is 5.92 Å². The molecule has 0 rings (SSSR count). The Balaban J connectivity index is 4.17. The molecule has 0 aliphatic heterocycles. The highest BCUT2D eigenvalue weighted by molar-refractivity contribution is 5.73. The Morgan fingerprint density at radius 3 is 2.50 bits per heavy atom. The van der Waals surface area contributed by atoms with Crippen LogP contribution in [0.15, 0.2) is 0 Å². The Bertz CT molecular complexity index is 198. The molecule has 0 amide bonds. The van der Waals surface area contributed by atoms with Crippen LogP contribution in [-0.4, -0.2) is 11.1 Å². The number of terminal acetylenes is 1. The minimum atomic E-state index is -0.757. The Hall–Kier alpha value is -0.970. The zero-order valence-electron chi connectivity index (χ0n) is 7.92. The van der Waals surface area contributed by atoms with E-state index in [1.54, 1.807) is 13.8 Å². The molecule has 0 aromatic carbocycles. The fraction of sp³-hybridized carbons (Fsp3) is 0.700. The van der Waals surface area contributed by atoms with E-state index >= 15 is 0 Å². The number of carbonyl (C=O) groups is 1. The maximum atomic E-state index is 10.8. The van der Waals surface area contributed by atoms with E-state index in [-0.39, 0.29) is 5.92 Å². The van der Waals surface area contributed by atoms with E-state index in [1.165, 1.54) is 0 Å². The second-order valence-electron chi connectivity index (χ2n) is 3.67. The summed E-state index contributed by atoms with van der Waals surface area (Å²) < 4.78 is 0. The molecule has 0 aromatic rings. The van der Waals surface area contributed by atoms with Crippen LogP contribution >= 0.6 is 0 Å². The Morgan fingerprint density at radius 2 is 2.17 bits per heavy atom. The summed E-state index contributed by atoms with van der Waals surface area (Å²) in [4.78, 5) is 10.8. The lowest BCUT2D eigenvalue weighted by atomic mass is 9.78. The third-order valence-electron chi connectivity index (χ3n) is 2.50. The highest BCUT2D eigenvalue weighted by Gasteiger charge is 2.32. The molecule has 2 heteroatoms. The number of rotatable bonds is 4. The number of hydrogen-bond acceptors (Lipinski definition) is 1. The zero-order valence-corrected chi connectivity index (χ0v) is 7.92. The molecule has 1 atom stereocenters. The van der Waals surface area contributed by atoms with Gasteiger partial charge in [-0.05, 0) is 26.2 Å². The molecule has 0 aliphatic rings. The van der Waals surface area contributed by atoms with Crippen molar-refractivity contribution in [1.82, 2.24) is 0 Å². The molecule has 0 radical (unpaired) electrons. The van der Waals surface area contributed by atoms with Crippen LogP contribution in [-0.2, 0) is 4.79 Å². The van der Waals surface area contributed by atoms with Crippen molar-refractivity contribution in [1.29, 1.82) is 0 Å². The minimum absolute atomic E-state index is 0.117. The van der Waals surface area contributed by atoms with Crippen LogP contribution < -0.4 is 0 Å². The van der Waals surface area contributed by atoms with Crippen molar-refractivity contribution in [2.45, 2.75) is 33.6 Å². The topological polar surface area (TPSA) is 37.3 Å². The third kappa shape index (κ3) is 2.58. The fourth-order valence-corrected chi connectivity index (χ4v) is 0.871.